The maximum atomic E-state index is 12.8. The summed E-state index contributed by atoms with van der Waals surface area (Å²) < 4.78 is 5.26. The smallest absolute Gasteiger partial charge is 0.257 e. The zero-order valence-electron chi connectivity index (χ0n) is 14.2. The van der Waals surface area contributed by atoms with E-state index >= 15 is 0 Å². The van der Waals surface area contributed by atoms with Gasteiger partial charge in [-0.2, -0.15) is 0 Å². The van der Waals surface area contributed by atoms with Gasteiger partial charge in [-0.25, -0.2) is 0 Å². The molecule has 136 valence electrons. The summed E-state index contributed by atoms with van der Waals surface area (Å²) in [7, 11) is 1.52. The first-order valence-electron chi connectivity index (χ1n) is 8.17. The fourth-order valence-corrected chi connectivity index (χ4v) is 3.30. The van der Waals surface area contributed by atoms with Gasteiger partial charge in [0.15, 0.2) is 0 Å². The number of ether oxygens (including phenoxy) is 1. The molecule has 1 heterocycles. The van der Waals surface area contributed by atoms with Crippen LogP contribution < -0.4 is 4.74 Å². The molecule has 0 spiro atoms. The number of amides is 2. The molecular weight excluding hydrogens is 375 g/mol. The molecule has 1 saturated heterocycles. The molecule has 0 atom stereocenters. The first-order chi connectivity index (χ1) is 12.5. The van der Waals surface area contributed by atoms with Gasteiger partial charge >= 0.3 is 0 Å². The van der Waals surface area contributed by atoms with Crippen molar-refractivity contribution in [1.29, 1.82) is 0 Å². The molecule has 7 heteroatoms. The Morgan fingerprint density at radius 2 is 1.50 bits per heavy atom. The van der Waals surface area contributed by atoms with E-state index in [1.54, 1.807) is 52.3 Å². The number of hydrogen-bond acceptors (Lipinski definition) is 3. The van der Waals surface area contributed by atoms with Crippen LogP contribution in [0.5, 0.6) is 5.75 Å². The minimum atomic E-state index is -0.154. The van der Waals surface area contributed by atoms with E-state index in [-0.39, 0.29) is 11.8 Å². The Morgan fingerprint density at radius 1 is 0.885 bits per heavy atom. The van der Waals surface area contributed by atoms with Crippen molar-refractivity contribution in [3.05, 3.63) is 63.6 Å². The summed E-state index contributed by atoms with van der Waals surface area (Å²) in [6, 6.07) is 11.8. The van der Waals surface area contributed by atoms with Crippen molar-refractivity contribution in [3.8, 4) is 5.75 Å². The standard InChI is InChI=1S/C19H18Cl2N2O3/c1-26-17-6-5-15(21)12-16(17)19(25)23-9-7-22(8-10-23)18(24)13-3-2-4-14(20)11-13/h2-6,11-12H,7-10H2,1H3. The van der Waals surface area contributed by atoms with Crippen LogP contribution in [0.4, 0.5) is 0 Å². The number of benzene rings is 2. The van der Waals surface area contributed by atoms with Crippen molar-refractivity contribution in [3.63, 3.8) is 0 Å². The SMILES string of the molecule is COc1ccc(Cl)cc1C(=O)N1CCN(C(=O)c2cccc(Cl)c2)CC1. The van der Waals surface area contributed by atoms with Crippen molar-refractivity contribution < 1.29 is 14.3 Å². The molecular formula is C19H18Cl2N2O3. The van der Waals surface area contributed by atoms with Crippen molar-refractivity contribution >= 4 is 35.0 Å². The Kier molecular flexibility index (Phi) is 5.69. The molecule has 0 aliphatic carbocycles. The fourth-order valence-electron chi connectivity index (χ4n) is 2.93. The van der Waals surface area contributed by atoms with Crippen LogP contribution >= 0.6 is 23.2 Å². The third kappa shape index (κ3) is 3.94. The average Bonchev–Trinajstić information content (AvgIpc) is 2.67. The van der Waals surface area contributed by atoms with Gasteiger partial charge in [-0.15, -0.1) is 0 Å². The van der Waals surface area contributed by atoms with E-state index in [4.69, 9.17) is 27.9 Å². The molecule has 3 rings (SSSR count). The number of methoxy groups -OCH3 is 1. The molecule has 0 unspecified atom stereocenters. The Balaban J connectivity index is 1.68. The predicted octanol–water partition coefficient (Wildman–Crippen LogP) is 3.60. The van der Waals surface area contributed by atoms with Crippen molar-refractivity contribution in [2.45, 2.75) is 0 Å². The molecule has 0 N–H and O–H groups in total. The van der Waals surface area contributed by atoms with Crippen molar-refractivity contribution in [1.82, 2.24) is 9.80 Å². The molecule has 0 aromatic heterocycles. The zero-order chi connectivity index (χ0) is 18.7. The van der Waals surface area contributed by atoms with Crippen LogP contribution in [0.1, 0.15) is 20.7 Å². The van der Waals surface area contributed by atoms with Crippen LogP contribution in [-0.4, -0.2) is 54.9 Å². The Bertz CT molecular complexity index is 833. The highest BCUT2D eigenvalue weighted by atomic mass is 35.5. The summed E-state index contributed by atoms with van der Waals surface area (Å²) >= 11 is 12.0. The molecule has 1 fully saturated rings. The van der Waals surface area contributed by atoms with E-state index in [9.17, 15) is 9.59 Å². The summed E-state index contributed by atoms with van der Waals surface area (Å²) in [5.74, 6) is 0.246. The second-order valence-corrected chi connectivity index (χ2v) is 6.81. The average molecular weight is 393 g/mol. The van der Waals surface area contributed by atoms with Crippen LogP contribution in [0.25, 0.3) is 0 Å². The first-order valence-corrected chi connectivity index (χ1v) is 8.93. The number of rotatable bonds is 3. The lowest BCUT2D eigenvalue weighted by molar-refractivity contribution is 0.0533. The predicted molar refractivity (Wildman–Crippen MR) is 101 cm³/mol. The van der Waals surface area contributed by atoms with Gasteiger partial charge in [0.2, 0.25) is 0 Å². The van der Waals surface area contributed by atoms with Gasteiger partial charge in [0, 0.05) is 41.8 Å². The molecule has 0 bridgehead atoms. The molecule has 5 nitrogen and oxygen atoms in total. The van der Waals surface area contributed by atoms with Gasteiger partial charge in [0.05, 0.1) is 12.7 Å². The van der Waals surface area contributed by atoms with E-state index in [2.05, 4.69) is 0 Å². The van der Waals surface area contributed by atoms with E-state index in [0.29, 0.717) is 53.1 Å². The van der Waals surface area contributed by atoms with E-state index in [1.807, 2.05) is 0 Å². The summed E-state index contributed by atoms with van der Waals surface area (Å²) in [6.07, 6.45) is 0. The minimum absolute atomic E-state index is 0.0834. The Labute approximate surface area is 162 Å². The van der Waals surface area contributed by atoms with Crippen LogP contribution in [0, 0.1) is 0 Å². The van der Waals surface area contributed by atoms with Crippen LogP contribution in [0.2, 0.25) is 10.0 Å². The van der Waals surface area contributed by atoms with Crippen LogP contribution in [0.15, 0.2) is 42.5 Å². The summed E-state index contributed by atoms with van der Waals surface area (Å²) in [6.45, 7) is 1.81. The second kappa shape index (κ2) is 7.98. The van der Waals surface area contributed by atoms with Gasteiger partial charge < -0.3 is 14.5 Å². The number of nitrogens with zero attached hydrogens (tertiary/aromatic N) is 2. The molecule has 26 heavy (non-hydrogen) atoms. The molecule has 2 amide bonds. The normalized spacial score (nSPS) is 14.3. The minimum Gasteiger partial charge on any atom is -0.496 e. The summed E-state index contributed by atoms with van der Waals surface area (Å²) in [4.78, 5) is 28.8. The van der Waals surface area contributed by atoms with E-state index in [0.717, 1.165) is 0 Å². The van der Waals surface area contributed by atoms with Gasteiger partial charge in [0.25, 0.3) is 11.8 Å². The van der Waals surface area contributed by atoms with Gasteiger partial charge in [0.1, 0.15) is 5.75 Å². The first kappa shape index (κ1) is 18.5. The Morgan fingerprint density at radius 3 is 2.12 bits per heavy atom. The summed E-state index contributed by atoms with van der Waals surface area (Å²) in [5, 5.41) is 1.00. The number of halogens is 2. The topological polar surface area (TPSA) is 49.9 Å². The largest absolute Gasteiger partial charge is 0.496 e. The van der Waals surface area contributed by atoms with Gasteiger partial charge in [-0.1, -0.05) is 29.3 Å². The molecule has 2 aromatic carbocycles. The number of hydrogen-bond donors (Lipinski definition) is 0. The zero-order valence-corrected chi connectivity index (χ0v) is 15.8. The maximum Gasteiger partial charge on any atom is 0.257 e. The van der Waals surface area contributed by atoms with Crippen LogP contribution in [-0.2, 0) is 0 Å². The monoisotopic (exact) mass is 392 g/mol. The van der Waals surface area contributed by atoms with Gasteiger partial charge in [-0.05, 0) is 36.4 Å². The third-order valence-electron chi connectivity index (χ3n) is 4.32. The summed E-state index contributed by atoms with van der Waals surface area (Å²) in [5.41, 5.74) is 0.975. The van der Waals surface area contributed by atoms with Crippen molar-refractivity contribution in [2.24, 2.45) is 0 Å². The maximum absolute atomic E-state index is 12.8. The molecule has 1 aliphatic heterocycles. The molecule has 0 saturated carbocycles. The highest BCUT2D eigenvalue weighted by Crippen LogP contribution is 2.24. The highest BCUT2D eigenvalue weighted by Gasteiger charge is 2.27. The van der Waals surface area contributed by atoms with E-state index < -0.39 is 0 Å². The highest BCUT2D eigenvalue weighted by molar-refractivity contribution is 6.31. The number of carbonyl (C=O) groups excluding carboxylic acids is 2. The van der Waals surface area contributed by atoms with E-state index in [1.165, 1.54) is 7.11 Å². The lowest BCUT2D eigenvalue weighted by Crippen LogP contribution is -2.50. The second-order valence-electron chi connectivity index (χ2n) is 5.94. The lowest BCUT2D eigenvalue weighted by atomic mass is 10.1. The quantitative estimate of drug-likeness (QED) is 0.801. The Hall–Kier alpha value is -2.24. The lowest BCUT2D eigenvalue weighted by Gasteiger charge is -2.35. The number of piperazine rings is 1. The number of carbonyl (C=O) groups is 2. The van der Waals surface area contributed by atoms with Crippen LogP contribution in [0.3, 0.4) is 0 Å². The fraction of sp³-hybridized carbons (Fsp3) is 0.263. The molecule has 2 aromatic rings. The van der Waals surface area contributed by atoms with Crippen molar-refractivity contribution in [2.75, 3.05) is 33.3 Å². The van der Waals surface area contributed by atoms with Gasteiger partial charge in [-0.3, -0.25) is 9.59 Å². The third-order valence-corrected chi connectivity index (χ3v) is 4.79. The molecule has 0 radical (unpaired) electrons. The molecule has 1 aliphatic rings.